The summed E-state index contributed by atoms with van der Waals surface area (Å²) in [7, 11) is 0. The predicted octanol–water partition coefficient (Wildman–Crippen LogP) is 2.25. The summed E-state index contributed by atoms with van der Waals surface area (Å²) < 4.78 is 14.3. The quantitative estimate of drug-likeness (QED) is 0.732. The first kappa shape index (κ1) is 11.9. The van der Waals surface area contributed by atoms with Crippen molar-refractivity contribution in [3.05, 3.63) is 39.6 Å². The van der Waals surface area contributed by atoms with Gasteiger partial charge in [-0.25, -0.2) is 9.37 Å². The summed E-state index contributed by atoms with van der Waals surface area (Å²) in [5.41, 5.74) is 4.45. The molecule has 0 spiro atoms. The smallest absolute Gasteiger partial charge is 0.253 e. The molecule has 0 saturated heterocycles. The van der Waals surface area contributed by atoms with Crippen LogP contribution in [0.4, 0.5) is 4.39 Å². The Labute approximate surface area is 119 Å². The van der Waals surface area contributed by atoms with Crippen LogP contribution in [-0.2, 0) is 19.3 Å². The summed E-state index contributed by atoms with van der Waals surface area (Å²) in [5, 5.41) is 2.70. The fourth-order valence-electron chi connectivity index (χ4n) is 3.13. The van der Waals surface area contributed by atoms with E-state index in [0.29, 0.717) is 36.2 Å². The number of amides is 1. The molecule has 0 saturated carbocycles. The SMILES string of the molecule is O=C1NCCc2[nH]c3c(c21)CCc1cnc(Cl)c(F)c1-3. The van der Waals surface area contributed by atoms with E-state index < -0.39 is 5.82 Å². The van der Waals surface area contributed by atoms with Crippen LogP contribution in [0.2, 0.25) is 5.15 Å². The number of pyridine rings is 1. The highest BCUT2D eigenvalue weighted by Crippen LogP contribution is 2.39. The Morgan fingerprint density at radius 2 is 2.10 bits per heavy atom. The van der Waals surface area contributed by atoms with Gasteiger partial charge < -0.3 is 10.3 Å². The maximum absolute atomic E-state index is 14.3. The van der Waals surface area contributed by atoms with Crippen molar-refractivity contribution >= 4 is 17.5 Å². The monoisotopic (exact) mass is 291 g/mol. The number of fused-ring (bicyclic) bond motifs is 5. The average molecular weight is 292 g/mol. The lowest BCUT2D eigenvalue weighted by molar-refractivity contribution is 0.0945. The van der Waals surface area contributed by atoms with Crippen LogP contribution in [0.15, 0.2) is 6.20 Å². The van der Waals surface area contributed by atoms with Gasteiger partial charge in [0.2, 0.25) is 0 Å². The highest BCUT2D eigenvalue weighted by atomic mass is 35.5. The number of carbonyl (C=O) groups excluding carboxylic acids is 1. The first-order valence-corrected chi connectivity index (χ1v) is 6.89. The molecule has 4 rings (SSSR count). The molecule has 2 aromatic rings. The van der Waals surface area contributed by atoms with Crippen molar-refractivity contribution in [1.82, 2.24) is 15.3 Å². The lowest BCUT2D eigenvalue weighted by Gasteiger charge is -2.18. The lowest BCUT2D eigenvalue weighted by atomic mass is 9.88. The zero-order valence-corrected chi connectivity index (χ0v) is 11.3. The number of nitrogens with zero attached hydrogens (tertiary/aromatic N) is 1. The number of aromatic nitrogens is 2. The minimum atomic E-state index is -0.510. The van der Waals surface area contributed by atoms with Crippen LogP contribution in [0, 0.1) is 5.82 Å². The van der Waals surface area contributed by atoms with Crippen molar-refractivity contribution in [2.24, 2.45) is 0 Å². The van der Waals surface area contributed by atoms with E-state index in [1.165, 1.54) is 0 Å². The molecule has 2 aliphatic rings. The van der Waals surface area contributed by atoms with Crippen molar-refractivity contribution in [2.75, 3.05) is 6.54 Å². The highest BCUT2D eigenvalue weighted by molar-refractivity contribution is 6.29. The predicted molar refractivity (Wildman–Crippen MR) is 72.4 cm³/mol. The zero-order valence-electron chi connectivity index (χ0n) is 10.5. The minimum Gasteiger partial charge on any atom is -0.357 e. The summed E-state index contributed by atoms with van der Waals surface area (Å²) in [6, 6.07) is 0. The van der Waals surface area contributed by atoms with Gasteiger partial charge >= 0.3 is 0 Å². The molecule has 1 amide bonds. The molecular formula is C14H11ClFN3O. The summed E-state index contributed by atoms with van der Waals surface area (Å²) in [6.45, 7) is 0.609. The standard InChI is InChI=1S/C14H11ClFN3O/c15-13-11(16)9-6(5-18-13)1-2-7-10-8(19-12(7)9)3-4-17-14(10)20/h5,19H,1-4H2,(H,17,20). The Hall–Kier alpha value is -1.88. The van der Waals surface area contributed by atoms with Gasteiger partial charge in [0, 0.05) is 30.4 Å². The van der Waals surface area contributed by atoms with Gasteiger partial charge in [0.25, 0.3) is 5.91 Å². The molecule has 1 aliphatic carbocycles. The number of rotatable bonds is 0. The van der Waals surface area contributed by atoms with Gasteiger partial charge in [0.1, 0.15) is 0 Å². The molecule has 3 heterocycles. The van der Waals surface area contributed by atoms with Gasteiger partial charge in [-0.15, -0.1) is 0 Å². The first-order chi connectivity index (χ1) is 9.66. The molecule has 2 N–H and O–H groups in total. The third-order valence-corrected chi connectivity index (χ3v) is 4.28. The Kier molecular flexibility index (Phi) is 2.41. The van der Waals surface area contributed by atoms with Gasteiger partial charge in [0.05, 0.1) is 11.3 Å². The number of H-pyrrole nitrogens is 1. The number of hydrogen-bond acceptors (Lipinski definition) is 2. The van der Waals surface area contributed by atoms with E-state index in [1.807, 2.05) is 0 Å². The van der Waals surface area contributed by atoms with Crippen molar-refractivity contribution in [3.63, 3.8) is 0 Å². The molecule has 0 aromatic carbocycles. The van der Waals surface area contributed by atoms with E-state index in [9.17, 15) is 9.18 Å². The van der Waals surface area contributed by atoms with Crippen molar-refractivity contribution in [3.8, 4) is 11.3 Å². The number of nitrogens with one attached hydrogen (secondary N) is 2. The van der Waals surface area contributed by atoms with E-state index in [-0.39, 0.29) is 11.1 Å². The van der Waals surface area contributed by atoms with Crippen molar-refractivity contribution < 1.29 is 9.18 Å². The number of hydrogen-bond donors (Lipinski definition) is 2. The first-order valence-electron chi connectivity index (χ1n) is 6.52. The molecule has 0 radical (unpaired) electrons. The Morgan fingerprint density at radius 1 is 1.25 bits per heavy atom. The van der Waals surface area contributed by atoms with E-state index in [2.05, 4.69) is 15.3 Å². The number of aromatic amines is 1. The third kappa shape index (κ3) is 1.47. The van der Waals surface area contributed by atoms with Crippen LogP contribution in [-0.4, -0.2) is 22.4 Å². The molecule has 102 valence electrons. The van der Waals surface area contributed by atoms with Gasteiger partial charge in [-0.05, 0) is 24.0 Å². The molecule has 0 atom stereocenters. The lowest BCUT2D eigenvalue weighted by Crippen LogP contribution is -2.32. The van der Waals surface area contributed by atoms with Crippen molar-refractivity contribution in [2.45, 2.75) is 19.3 Å². The highest BCUT2D eigenvalue weighted by Gasteiger charge is 2.31. The van der Waals surface area contributed by atoms with Crippen LogP contribution in [0.1, 0.15) is 27.2 Å². The zero-order chi connectivity index (χ0) is 13.9. The normalized spacial score (nSPS) is 16.2. The topological polar surface area (TPSA) is 57.8 Å². The Bertz CT molecular complexity index is 753. The van der Waals surface area contributed by atoms with Crippen molar-refractivity contribution in [1.29, 1.82) is 0 Å². The minimum absolute atomic E-state index is 0.0761. The second-order valence-electron chi connectivity index (χ2n) is 5.10. The summed E-state index contributed by atoms with van der Waals surface area (Å²) in [6.07, 6.45) is 3.73. The molecule has 0 bridgehead atoms. The molecule has 6 heteroatoms. The number of halogens is 2. The maximum Gasteiger partial charge on any atom is 0.253 e. The fourth-order valence-corrected chi connectivity index (χ4v) is 3.27. The molecule has 0 unspecified atom stereocenters. The second-order valence-corrected chi connectivity index (χ2v) is 5.46. The molecular weight excluding hydrogens is 281 g/mol. The van der Waals surface area contributed by atoms with Crippen LogP contribution in [0.5, 0.6) is 0 Å². The summed E-state index contributed by atoms with van der Waals surface area (Å²) in [5.74, 6) is -0.586. The van der Waals surface area contributed by atoms with Crippen LogP contribution in [0.3, 0.4) is 0 Å². The maximum atomic E-state index is 14.3. The number of carbonyl (C=O) groups is 1. The summed E-state index contributed by atoms with van der Waals surface area (Å²) in [4.78, 5) is 19.1. The van der Waals surface area contributed by atoms with E-state index in [4.69, 9.17) is 11.6 Å². The Balaban J connectivity index is 2.02. The van der Waals surface area contributed by atoms with Gasteiger partial charge in [-0.1, -0.05) is 11.6 Å². The molecule has 4 nitrogen and oxygen atoms in total. The van der Waals surface area contributed by atoms with E-state index in [1.54, 1.807) is 6.20 Å². The molecule has 2 aromatic heterocycles. The number of aryl methyl sites for hydroxylation is 1. The fraction of sp³-hybridized carbons (Fsp3) is 0.286. The van der Waals surface area contributed by atoms with E-state index in [0.717, 1.165) is 23.2 Å². The van der Waals surface area contributed by atoms with Gasteiger partial charge in [-0.2, -0.15) is 0 Å². The Morgan fingerprint density at radius 3 is 2.95 bits per heavy atom. The van der Waals surface area contributed by atoms with E-state index >= 15 is 0 Å². The third-order valence-electron chi connectivity index (χ3n) is 4.02. The van der Waals surface area contributed by atoms with Crippen LogP contribution >= 0.6 is 11.6 Å². The second kappa shape index (κ2) is 4.06. The van der Waals surface area contributed by atoms with Gasteiger partial charge in [0.15, 0.2) is 11.0 Å². The summed E-state index contributed by atoms with van der Waals surface area (Å²) >= 11 is 5.79. The average Bonchev–Trinajstić information content (AvgIpc) is 2.82. The van der Waals surface area contributed by atoms with Gasteiger partial charge in [-0.3, -0.25) is 4.79 Å². The molecule has 0 fully saturated rings. The van der Waals surface area contributed by atoms with Crippen LogP contribution < -0.4 is 5.32 Å². The van der Waals surface area contributed by atoms with Crippen LogP contribution in [0.25, 0.3) is 11.3 Å². The molecule has 20 heavy (non-hydrogen) atoms. The molecule has 1 aliphatic heterocycles. The largest absolute Gasteiger partial charge is 0.357 e.